The number of ether oxygens (including phenoxy) is 1. The Hall–Kier alpha value is -2.56. The van der Waals surface area contributed by atoms with Crippen molar-refractivity contribution in [2.45, 2.75) is 13.3 Å². The first-order valence-corrected chi connectivity index (χ1v) is 6.78. The molecule has 2 N–H and O–H groups in total. The molecule has 2 aromatic rings. The monoisotopic (exact) mass is 285 g/mol. The molecule has 110 valence electrons. The molecule has 0 fully saturated rings. The first-order chi connectivity index (χ1) is 10.2. The van der Waals surface area contributed by atoms with Crippen LogP contribution in [0.4, 0.5) is 11.5 Å². The van der Waals surface area contributed by atoms with E-state index in [0.717, 1.165) is 24.5 Å². The molecule has 0 radical (unpaired) electrons. The third-order valence-electron chi connectivity index (χ3n) is 2.94. The van der Waals surface area contributed by atoms with Gasteiger partial charge in [0, 0.05) is 13.5 Å². The number of methoxy groups -OCH3 is 1. The van der Waals surface area contributed by atoms with Crippen LogP contribution in [-0.2, 0) is 11.2 Å². The fourth-order valence-corrected chi connectivity index (χ4v) is 1.94. The summed E-state index contributed by atoms with van der Waals surface area (Å²) in [6.45, 7) is 2.25. The van der Waals surface area contributed by atoms with Gasteiger partial charge in [-0.2, -0.15) is 0 Å². The molecule has 0 saturated carbocycles. The number of anilines is 2. The van der Waals surface area contributed by atoms with E-state index in [9.17, 15) is 4.79 Å². The number of nitrogens with one attached hydrogen (secondary N) is 2. The molecule has 2 rings (SSSR count). The van der Waals surface area contributed by atoms with Gasteiger partial charge in [-0.25, -0.2) is 4.98 Å². The normalized spacial score (nSPS) is 10.0. The molecular formula is C16H19N3O2. The minimum Gasteiger partial charge on any atom is -0.497 e. The van der Waals surface area contributed by atoms with Gasteiger partial charge in [0.1, 0.15) is 11.6 Å². The van der Waals surface area contributed by atoms with Crippen molar-refractivity contribution in [1.82, 2.24) is 4.98 Å². The van der Waals surface area contributed by atoms with Gasteiger partial charge < -0.3 is 15.4 Å². The summed E-state index contributed by atoms with van der Waals surface area (Å²) >= 11 is 0. The van der Waals surface area contributed by atoms with Gasteiger partial charge in [-0.1, -0.05) is 12.1 Å². The summed E-state index contributed by atoms with van der Waals surface area (Å²) in [5, 5.41) is 5.93. The van der Waals surface area contributed by atoms with Crippen LogP contribution in [0, 0.1) is 0 Å². The summed E-state index contributed by atoms with van der Waals surface area (Å²) in [5.74, 6) is 1.55. The summed E-state index contributed by atoms with van der Waals surface area (Å²) in [5.41, 5.74) is 1.90. The molecule has 1 amide bonds. The van der Waals surface area contributed by atoms with Crippen LogP contribution in [0.5, 0.6) is 5.75 Å². The second kappa shape index (κ2) is 7.28. The summed E-state index contributed by atoms with van der Waals surface area (Å²) in [4.78, 5) is 15.2. The number of amides is 1. The van der Waals surface area contributed by atoms with Crippen molar-refractivity contribution in [1.29, 1.82) is 0 Å². The zero-order chi connectivity index (χ0) is 15.1. The van der Waals surface area contributed by atoms with E-state index in [1.165, 1.54) is 12.5 Å². The van der Waals surface area contributed by atoms with Gasteiger partial charge in [-0.05, 0) is 36.2 Å². The smallest absolute Gasteiger partial charge is 0.221 e. The number of hydrogen-bond acceptors (Lipinski definition) is 4. The highest BCUT2D eigenvalue weighted by molar-refractivity contribution is 5.88. The number of pyridine rings is 1. The van der Waals surface area contributed by atoms with Crippen LogP contribution >= 0.6 is 0 Å². The molecule has 0 bridgehead atoms. The van der Waals surface area contributed by atoms with Crippen LogP contribution in [0.15, 0.2) is 42.6 Å². The predicted octanol–water partition coefficient (Wildman–Crippen LogP) is 2.70. The molecule has 5 heteroatoms. The lowest BCUT2D eigenvalue weighted by molar-refractivity contribution is -0.114. The maximum Gasteiger partial charge on any atom is 0.221 e. The van der Waals surface area contributed by atoms with E-state index < -0.39 is 0 Å². The maximum absolute atomic E-state index is 10.9. The molecule has 0 saturated heterocycles. The Kier molecular flexibility index (Phi) is 5.15. The number of hydrogen-bond donors (Lipinski definition) is 2. The standard InChI is InChI=1S/C16H19N3O2/c1-12(20)19-14-6-7-16(18-11-14)17-9-8-13-4-3-5-15(10-13)21-2/h3-7,10-11H,8-9H2,1-2H3,(H,17,18)(H,19,20). The fourth-order valence-electron chi connectivity index (χ4n) is 1.94. The van der Waals surface area contributed by atoms with E-state index in [1.54, 1.807) is 13.3 Å². The van der Waals surface area contributed by atoms with Gasteiger partial charge in [-0.3, -0.25) is 4.79 Å². The van der Waals surface area contributed by atoms with Crippen LogP contribution < -0.4 is 15.4 Å². The molecule has 0 aliphatic heterocycles. The van der Waals surface area contributed by atoms with Crippen LogP contribution in [0.1, 0.15) is 12.5 Å². The Labute approximate surface area is 124 Å². The third kappa shape index (κ3) is 4.80. The lowest BCUT2D eigenvalue weighted by Gasteiger charge is -2.08. The average Bonchev–Trinajstić information content (AvgIpc) is 2.49. The highest BCUT2D eigenvalue weighted by Crippen LogP contribution is 2.13. The molecule has 1 aromatic heterocycles. The molecular weight excluding hydrogens is 266 g/mol. The first kappa shape index (κ1) is 14.8. The lowest BCUT2D eigenvalue weighted by Crippen LogP contribution is -2.08. The maximum atomic E-state index is 10.9. The van der Waals surface area contributed by atoms with Crippen molar-refractivity contribution in [3.05, 3.63) is 48.2 Å². The molecule has 0 atom stereocenters. The molecule has 0 aliphatic carbocycles. The van der Waals surface area contributed by atoms with Gasteiger partial charge in [0.05, 0.1) is 19.0 Å². The minimum atomic E-state index is -0.101. The van der Waals surface area contributed by atoms with Crippen molar-refractivity contribution < 1.29 is 9.53 Å². The molecule has 0 unspecified atom stereocenters. The molecule has 0 aliphatic rings. The zero-order valence-corrected chi connectivity index (χ0v) is 12.2. The molecule has 0 spiro atoms. The average molecular weight is 285 g/mol. The van der Waals surface area contributed by atoms with Crippen molar-refractivity contribution in [3.63, 3.8) is 0 Å². The third-order valence-corrected chi connectivity index (χ3v) is 2.94. The topological polar surface area (TPSA) is 63.2 Å². The number of nitrogens with zero attached hydrogens (tertiary/aromatic N) is 1. The van der Waals surface area contributed by atoms with Gasteiger partial charge in [0.2, 0.25) is 5.91 Å². The Morgan fingerprint density at radius 3 is 2.81 bits per heavy atom. The summed E-state index contributed by atoms with van der Waals surface area (Å²) in [7, 11) is 1.66. The first-order valence-electron chi connectivity index (χ1n) is 6.78. The quantitative estimate of drug-likeness (QED) is 0.856. The van der Waals surface area contributed by atoms with E-state index in [4.69, 9.17) is 4.74 Å². The Bertz CT molecular complexity index is 597. The largest absolute Gasteiger partial charge is 0.497 e. The van der Waals surface area contributed by atoms with Crippen molar-refractivity contribution in [3.8, 4) is 5.75 Å². The summed E-state index contributed by atoms with van der Waals surface area (Å²) in [6, 6.07) is 11.7. The van der Waals surface area contributed by atoms with Crippen LogP contribution in [-0.4, -0.2) is 24.5 Å². The number of aromatic nitrogens is 1. The Morgan fingerprint density at radius 2 is 2.14 bits per heavy atom. The number of benzene rings is 1. The van der Waals surface area contributed by atoms with Crippen LogP contribution in [0.25, 0.3) is 0 Å². The predicted molar refractivity (Wildman–Crippen MR) is 83.7 cm³/mol. The van der Waals surface area contributed by atoms with Crippen molar-refractivity contribution in [2.24, 2.45) is 0 Å². The van der Waals surface area contributed by atoms with Gasteiger partial charge in [-0.15, -0.1) is 0 Å². The highest BCUT2D eigenvalue weighted by Gasteiger charge is 1.99. The highest BCUT2D eigenvalue weighted by atomic mass is 16.5. The van der Waals surface area contributed by atoms with Gasteiger partial charge >= 0.3 is 0 Å². The lowest BCUT2D eigenvalue weighted by atomic mass is 10.1. The fraction of sp³-hybridized carbons (Fsp3) is 0.250. The second-order valence-electron chi connectivity index (χ2n) is 4.64. The SMILES string of the molecule is COc1cccc(CCNc2ccc(NC(C)=O)cn2)c1. The number of carbonyl (C=O) groups excluding carboxylic acids is 1. The molecule has 5 nitrogen and oxygen atoms in total. The van der Waals surface area contributed by atoms with Crippen molar-refractivity contribution in [2.75, 3.05) is 24.3 Å². The van der Waals surface area contributed by atoms with Gasteiger partial charge in [0.15, 0.2) is 0 Å². The zero-order valence-electron chi connectivity index (χ0n) is 12.2. The minimum absolute atomic E-state index is 0.101. The molecule has 21 heavy (non-hydrogen) atoms. The Morgan fingerprint density at radius 1 is 1.29 bits per heavy atom. The Balaban J connectivity index is 1.84. The number of rotatable bonds is 6. The molecule has 1 heterocycles. The van der Waals surface area contributed by atoms with E-state index in [2.05, 4.69) is 21.7 Å². The second-order valence-corrected chi connectivity index (χ2v) is 4.64. The van der Waals surface area contributed by atoms with E-state index in [-0.39, 0.29) is 5.91 Å². The van der Waals surface area contributed by atoms with E-state index in [0.29, 0.717) is 5.69 Å². The van der Waals surface area contributed by atoms with Crippen molar-refractivity contribution >= 4 is 17.4 Å². The summed E-state index contributed by atoms with van der Waals surface area (Å²) < 4.78 is 5.20. The molecule has 1 aromatic carbocycles. The van der Waals surface area contributed by atoms with Crippen LogP contribution in [0.2, 0.25) is 0 Å². The van der Waals surface area contributed by atoms with E-state index in [1.807, 2.05) is 30.3 Å². The summed E-state index contributed by atoms with van der Waals surface area (Å²) in [6.07, 6.45) is 2.52. The van der Waals surface area contributed by atoms with E-state index >= 15 is 0 Å². The van der Waals surface area contributed by atoms with Gasteiger partial charge in [0.25, 0.3) is 0 Å². The number of carbonyl (C=O) groups is 1. The van der Waals surface area contributed by atoms with Crippen LogP contribution in [0.3, 0.4) is 0 Å².